The largest absolute Gasteiger partial charge is 0.496 e. The van der Waals surface area contributed by atoms with Crippen molar-refractivity contribution < 1.29 is 9.53 Å². The lowest BCUT2D eigenvalue weighted by Crippen LogP contribution is -2.35. The van der Waals surface area contributed by atoms with E-state index in [1.54, 1.807) is 7.11 Å². The maximum atomic E-state index is 12.3. The quantitative estimate of drug-likeness (QED) is 0.736. The number of nitrogens with zero attached hydrogens (tertiary/aromatic N) is 1. The molecule has 0 bridgehead atoms. The molecule has 2 aromatic rings. The molecule has 1 amide bonds. The number of aryl methyl sites for hydroxylation is 2. The number of hydrogen-bond acceptors (Lipinski definition) is 2. The molecule has 1 saturated heterocycles. The number of rotatable bonds is 4. The van der Waals surface area contributed by atoms with Gasteiger partial charge in [0, 0.05) is 24.2 Å². The normalized spacial score (nSPS) is 15.0. The first-order valence-corrected chi connectivity index (χ1v) is 8.82. The second-order valence-corrected chi connectivity index (χ2v) is 6.63. The van der Waals surface area contributed by atoms with Crippen LogP contribution in [0.5, 0.6) is 5.75 Å². The highest BCUT2D eigenvalue weighted by molar-refractivity contribution is 5.95. The zero-order valence-electron chi connectivity index (χ0n) is 15.2. The van der Waals surface area contributed by atoms with Crippen LogP contribution in [0.4, 0.5) is 5.69 Å². The molecule has 3 nitrogen and oxygen atoms in total. The van der Waals surface area contributed by atoms with Gasteiger partial charge in [-0.1, -0.05) is 42.0 Å². The first kappa shape index (κ1) is 17.3. The van der Waals surface area contributed by atoms with E-state index in [1.807, 2.05) is 17.9 Å². The van der Waals surface area contributed by atoms with Crippen molar-refractivity contribution in [3.05, 3.63) is 58.7 Å². The van der Waals surface area contributed by atoms with E-state index in [2.05, 4.69) is 49.4 Å². The number of ether oxygens (including phenoxy) is 1. The van der Waals surface area contributed by atoms with Crippen LogP contribution in [0.2, 0.25) is 0 Å². The SMILES string of the molecule is COc1c(C)cc(N2CCCCC2=O)cc1C=Cc1ccc(C)cc1. The molecule has 0 spiro atoms. The van der Waals surface area contributed by atoms with E-state index in [0.717, 1.165) is 47.5 Å². The van der Waals surface area contributed by atoms with Crippen LogP contribution in [0.25, 0.3) is 12.2 Å². The summed E-state index contributed by atoms with van der Waals surface area (Å²) in [5.74, 6) is 1.07. The van der Waals surface area contributed by atoms with Gasteiger partial charge in [0.15, 0.2) is 0 Å². The molecule has 130 valence electrons. The lowest BCUT2D eigenvalue weighted by Gasteiger charge is -2.28. The first-order valence-electron chi connectivity index (χ1n) is 8.82. The van der Waals surface area contributed by atoms with E-state index < -0.39 is 0 Å². The van der Waals surface area contributed by atoms with Crippen molar-refractivity contribution >= 4 is 23.7 Å². The maximum Gasteiger partial charge on any atom is 0.226 e. The predicted molar refractivity (Wildman–Crippen MR) is 104 cm³/mol. The average Bonchev–Trinajstić information content (AvgIpc) is 2.61. The average molecular weight is 335 g/mol. The van der Waals surface area contributed by atoms with Gasteiger partial charge in [-0.15, -0.1) is 0 Å². The Morgan fingerprint density at radius 3 is 2.48 bits per heavy atom. The summed E-state index contributed by atoms with van der Waals surface area (Å²) < 4.78 is 5.60. The molecule has 0 unspecified atom stereocenters. The Morgan fingerprint density at radius 1 is 1.04 bits per heavy atom. The highest BCUT2D eigenvalue weighted by Gasteiger charge is 2.21. The number of carbonyl (C=O) groups is 1. The lowest BCUT2D eigenvalue weighted by atomic mass is 10.0. The summed E-state index contributed by atoms with van der Waals surface area (Å²) in [7, 11) is 1.69. The van der Waals surface area contributed by atoms with Gasteiger partial charge in [0.2, 0.25) is 5.91 Å². The monoisotopic (exact) mass is 335 g/mol. The Bertz CT molecular complexity index is 790. The summed E-state index contributed by atoms with van der Waals surface area (Å²) in [6.45, 7) is 4.91. The highest BCUT2D eigenvalue weighted by atomic mass is 16.5. The van der Waals surface area contributed by atoms with Crippen molar-refractivity contribution in [1.29, 1.82) is 0 Å². The lowest BCUT2D eigenvalue weighted by molar-refractivity contribution is -0.119. The van der Waals surface area contributed by atoms with Gasteiger partial charge < -0.3 is 9.64 Å². The zero-order valence-corrected chi connectivity index (χ0v) is 15.2. The summed E-state index contributed by atoms with van der Waals surface area (Å²) in [5, 5.41) is 0. The maximum absolute atomic E-state index is 12.3. The molecule has 25 heavy (non-hydrogen) atoms. The molecule has 0 atom stereocenters. The number of amides is 1. The summed E-state index contributed by atoms with van der Waals surface area (Å²) in [5.41, 5.74) is 5.39. The number of carbonyl (C=O) groups excluding carboxylic acids is 1. The van der Waals surface area contributed by atoms with Crippen molar-refractivity contribution in [3.63, 3.8) is 0 Å². The van der Waals surface area contributed by atoms with Crippen LogP contribution in [0.3, 0.4) is 0 Å². The summed E-state index contributed by atoms with van der Waals surface area (Å²) >= 11 is 0. The molecular formula is C22H25NO2. The van der Waals surface area contributed by atoms with Crippen molar-refractivity contribution in [2.24, 2.45) is 0 Å². The van der Waals surface area contributed by atoms with Crippen molar-refractivity contribution in [1.82, 2.24) is 0 Å². The second kappa shape index (κ2) is 7.56. The Morgan fingerprint density at radius 2 is 1.80 bits per heavy atom. The van der Waals surface area contributed by atoms with Crippen molar-refractivity contribution in [3.8, 4) is 5.75 Å². The molecule has 3 heteroatoms. The highest BCUT2D eigenvalue weighted by Crippen LogP contribution is 2.32. The second-order valence-electron chi connectivity index (χ2n) is 6.63. The standard InChI is InChI=1S/C22H25NO2/c1-16-7-9-18(10-8-16)11-12-19-15-20(14-17(2)22(19)25-3)23-13-5-4-6-21(23)24/h7-12,14-15H,4-6,13H2,1-3H3. The number of piperidine rings is 1. The van der Waals surface area contributed by atoms with E-state index in [9.17, 15) is 4.79 Å². The Labute approximate surface area is 149 Å². The summed E-state index contributed by atoms with van der Waals surface area (Å²) in [6.07, 6.45) is 6.84. The molecule has 1 aliphatic heterocycles. The molecule has 1 fully saturated rings. The third-order valence-electron chi connectivity index (χ3n) is 4.66. The molecule has 0 saturated carbocycles. The van der Waals surface area contributed by atoms with Gasteiger partial charge >= 0.3 is 0 Å². The van der Waals surface area contributed by atoms with Crippen LogP contribution < -0.4 is 9.64 Å². The van der Waals surface area contributed by atoms with Crippen LogP contribution in [0, 0.1) is 13.8 Å². The van der Waals surface area contributed by atoms with E-state index in [4.69, 9.17) is 4.74 Å². The number of hydrogen-bond donors (Lipinski definition) is 0. The molecule has 1 heterocycles. The molecule has 3 rings (SSSR count). The molecule has 0 radical (unpaired) electrons. The molecule has 0 N–H and O–H groups in total. The zero-order chi connectivity index (χ0) is 17.8. The number of anilines is 1. The van der Waals surface area contributed by atoms with Crippen molar-refractivity contribution in [2.45, 2.75) is 33.1 Å². The number of benzene rings is 2. The minimum Gasteiger partial charge on any atom is -0.496 e. The summed E-state index contributed by atoms with van der Waals surface area (Å²) in [6, 6.07) is 12.5. The predicted octanol–water partition coefficient (Wildman–Crippen LogP) is 5.00. The van der Waals surface area contributed by atoms with Gasteiger partial charge in [-0.3, -0.25) is 4.79 Å². The van der Waals surface area contributed by atoms with Crippen LogP contribution in [0.15, 0.2) is 36.4 Å². The Balaban J connectivity index is 1.96. The third-order valence-corrected chi connectivity index (χ3v) is 4.66. The van der Waals surface area contributed by atoms with Gasteiger partial charge in [0.1, 0.15) is 5.75 Å². The molecule has 0 aliphatic carbocycles. The Kier molecular flexibility index (Phi) is 5.22. The van der Waals surface area contributed by atoms with Crippen LogP contribution >= 0.6 is 0 Å². The van der Waals surface area contributed by atoms with E-state index in [-0.39, 0.29) is 5.91 Å². The van der Waals surface area contributed by atoms with Crippen LogP contribution in [-0.2, 0) is 4.79 Å². The minimum atomic E-state index is 0.212. The van der Waals surface area contributed by atoms with Crippen LogP contribution in [0.1, 0.15) is 41.5 Å². The fraction of sp³-hybridized carbons (Fsp3) is 0.318. The van der Waals surface area contributed by atoms with E-state index in [1.165, 1.54) is 5.56 Å². The fourth-order valence-electron chi connectivity index (χ4n) is 3.28. The fourth-order valence-corrected chi connectivity index (χ4v) is 3.28. The molecule has 2 aromatic carbocycles. The molecular weight excluding hydrogens is 310 g/mol. The molecule has 1 aliphatic rings. The van der Waals surface area contributed by atoms with E-state index in [0.29, 0.717) is 6.42 Å². The van der Waals surface area contributed by atoms with Crippen LogP contribution in [-0.4, -0.2) is 19.6 Å². The van der Waals surface area contributed by atoms with Crippen molar-refractivity contribution in [2.75, 3.05) is 18.6 Å². The summed E-state index contributed by atoms with van der Waals surface area (Å²) in [4.78, 5) is 14.2. The molecule has 0 aromatic heterocycles. The minimum absolute atomic E-state index is 0.212. The smallest absolute Gasteiger partial charge is 0.226 e. The van der Waals surface area contributed by atoms with Gasteiger partial charge in [-0.2, -0.15) is 0 Å². The van der Waals surface area contributed by atoms with Gasteiger partial charge in [0.25, 0.3) is 0 Å². The van der Waals surface area contributed by atoms with E-state index >= 15 is 0 Å². The Hall–Kier alpha value is -2.55. The third kappa shape index (κ3) is 3.93. The first-order chi connectivity index (χ1) is 12.1. The van der Waals surface area contributed by atoms with Gasteiger partial charge in [0.05, 0.1) is 7.11 Å². The number of methoxy groups -OCH3 is 1. The topological polar surface area (TPSA) is 29.5 Å². The van der Waals surface area contributed by atoms with Gasteiger partial charge in [-0.05, 0) is 49.9 Å². The van der Waals surface area contributed by atoms with Gasteiger partial charge in [-0.25, -0.2) is 0 Å².